The highest BCUT2D eigenvalue weighted by atomic mass is 32.1. The van der Waals surface area contributed by atoms with Gasteiger partial charge in [0.25, 0.3) is 0 Å². The van der Waals surface area contributed by atoms with Crippen molar-refractivity contribution in [3.63, 3.8) is 0 Å². The number of anilines is 2. The van der Waals surface area contributed by atoms with Gasteiger partial charge in [-0.1, -0.05) is 39.0 Å². The summed E-state index contributed by atoms with van der Waals surface area (Å²) in [6.45, 7) is 5.54. The zero-order valence-electron chi connectivity index (χ0n) is 16.5. The summed E-state index contributed by atoms with van der Waals surface area (Å²) in [5.41, 5.74) is 1.68. The Morgan fingerprint density at radius 3 is 2.18 bits per heavy atom. The molecule has 28 heavy (non-hydrogen) atoms. The largest absolute Gasteiger partial charge is 0.497 e. The summed E-state index contributed by atoms with van der Waals surface area (Å²) in [5, 5.41) is 8.66. The second-order valence-corrected chi connectivity index (χ2v) is 7.72. The van der Waals surface area contributed by atoms with E-state index in [0.29, 0.717) is 11.4 Å². The van der Waals surface area contributed by atoms with Crippen LogP contribution in [0.15, 0.2) is 48.5 Å². The molecule has 0 heterocycles. The molecule has 0 aromatic heterocycles. The molecule has 0 saturated carbocycles. The van der Waals surface area contributed by atoms with E-state index in [1.807, 2.05) is 32.9 Å². The van der Waals surface area contributed by atoms with Crippen LogP contribution in [0.4, 0.5) is 11.4 Å². The number of rotatable bonds is 5. The molecule has 7 heteroatoms. The number of hydrogen-bond donors (Lipinski definition) is 3. The molecule has 3 N–H and O–H groups in total. The lowest BCUT2D eigenvalue weighted by Crippen LogP contribution is -2.35. The lowest BCUT2D eigenvalue weighted by Gasteiger charge is -2.18. The predicted molar refractivity (Wildman–Crippen MR) is 116 cm³/mol. The fourth-order valence-corrected chi connectivity index (χ4v) is 2.49. The Bertz CT molecular complexity index is 858. The van der Waals surface area contributed by atoms with Crippen LogP contribution in [0.2, 0.25) is 0 Å². The second kappa shape index (κ2) is 9.32. The summed E-state index contributed by atoms with van der Waals surface area (Å²) < 4.78 is 5.10. The first-order valence-corrected chi connectivity index (χ1v) is 9.23. The van der Waals surface area contributed by atoms with Crippen molar-refractivity contribution >= 4 is 40.5 Å². The van der Waals surface area contributed by atoms with Crippen molar-refractivity contribution in [2.24, 2.45) is 5.41 Å². The van der Waals surface area contributed by atoms with E-state index in [-0.39, 0.29) is 23.3 Å². The first kappa shape index (κ1) is 21.4. The molecule has 0 aliphatic heterocycles. The summed E-state index contributed by atoms with van der Waals surface area (Å²) in [6.07, 6.45) is 0.202. The normalized spacial score (nSPS) is 10.7. The molecule has 0 radical (unpaired) electrons. The zero-order valence-corrected chi connectivity index (χ0v) is 17.3. The van der Waals surface area contributed by atoms with Gasteiger partial charge in [-0.05, 0) is 48.1 Å². The van der Waals surface area contributed by atoms with Crippen LogP contribution in [0.1, 0.15) is 26.3 Å². The standard InChI is InChI=1S/C21H25N3O3S/c1-21(2,3)19(26)22-15-6-5-7-16(13-15)23-20(28)24-18(25)12-14-8-10-17(27-4)11-9-14/h5-11,13H,12H2,1-4H3,(H,22,26)(H2,23,24,25,28). The zero-order chi connectivity index (χ0) is 20.7. The highest BCUT2D eigenvalue weighted by Gasteiger charge is 2.21. The van der Waals surface area contributed by atoms with Crippen LogP contribution in [-0.4, -0.2) is 24.0 Å². The van der Waals surface area contributed by atoms with E-state index in [9.17, 15) is 9.59 Å². The van der Waals surface area contributed by atoms with Crippen molar-refractivity contribution < 1.29 is 14.3 Å². The van der Waals surface area contributed by atoms with Crippen LogP contribution < -0.4 is 20.7 Å². The number of methoxy groups -OCH3 is 1. The first-order chi connectivity index (χ1) is 13.2. The Morgan fingerprint density at radius 2 is 1.61 bits per heavy atom. The monoisotopic (exact) mass is 399 g/mol. The van der Waals surface area contributed by atoms with Crippen LogP contribution in [0.5, 0.6) is 5.75 Å². The predicted octanol–water partition coefficient (Wildman–Crippen LogP) is 3.74. The first-order valence-electron chi connectivity index (χ1n) is 8.82. The molecule has 0 spiro atoms. The summed E-state index contributed by atoms with van der Waals surface area (Å²) in [7, 11) is 1.59. The van der Waals surface area contributed by atoms with Crippen LogP contribution in [0.25, 0.3) is 0 Å². The molecule has 2 amide bonds. The number of amides is 2. The van der Waals surface area contributed by atoms with Crippen molar-refractivity contribution in [2.45, 2.75) is 27.2 Å². The Morgan fingerprint density at radius 1 is 1.00 bits per heavy atom. The van der Waals surface area contributed by atoms with E-state index in [2.05, 4.69) is 16.0 Å². The molecule has 0 aliphatic rings. The average Bonchev–Trinajstić information content (AvgIpc) is 2.61. The highest BCUT2D eigenvalue weighted by molar-refractivity contribution is 7.80. The van der Waals surface area contributed by atoms with Crippen molar-refractivity contribution in [3.05, 3.63) is 54.1 Å². The number of thiocarbonyl (C=S) groups is 1. The minimum absolute atomic E-state index is 0.0833. The molecule has 0 aliphatic carbocycles. The van der Waals surface area contributed by atoms with Crippen LogP contribution in [0, 0.1) is 5.41 Å². The van der Waals surface area contributed by atoms with Crippen LogP contribution >= 0.6 is 12.2 Å². The molecule has 0 bridgehead atoms. The van der Waals surface area contributed by atoms with Gasteiger partial charge in [0.15, 0.2) is 5.11 Å². The minimum Gasteiger partial charge on any atom is -0.497 e. The van der Waals surface area contributed by atoms with Gasteiger partial charge in [0.2, 0.25) is 11.8 Å². The Kier molecular flexibility index (Phi) is 7.12. The molecule has 6 nitrogen and oxygen atoms in total. The Balaban J connectivity index is 1.90. The van der Waals surface area contributed by atoms with Gasteiger partial charge in [0.05, 0.1) is 13.5 Å². The Hall–Kier alpha value is -2.93. The minimum atomic E-state index is -0.492. The molecular weight excluding hydrogens is 374 g/mol. The molecule has 148 valence electrons. The lowest BCUT2D eigenvalue weighted by molar-refractivity contribution is -0.123. The summed E-state index contributed by atoms with van der Waals surface area (Å²) >= 11 is 5.21. The van der Waals surface area contributed by atoms with Gasteiger partial charge in [-0.3, -0.25) is 9.59 Å². The third kappa shape index (κ3) is 6.66. The summed E-state index contributed by atoms with van der Waals surface area (Å²) in [4.78, 5) is 24.3. The van der Waals surface area contributed by atoms with Crippen molar-refractivity contribution in [1.82, 2.24) is 5.32 Å². The molecular formula is C21H25N3O3S. The topological polar surface area (TPSA) is 79.5 Å². The second-order valence-electron chi connectivity index (χ2n) is 7.31. The van der Waals surface area contributed by atoms with E-state index in [0.717, 1.165) is 11.3 Å². The molecule has 0 fully saturated rings. The van der Waals surface area contributed by atoms with E-state index < -0.39 is 5.41 Å². The lowest BCUT2D eigenvalue weighted by atomic mass is 9.95. The SMILES string of the molecule is COc1ccc(CC(=O)NC(=S)Nc2cccc(NC(=O)C(C)(C)C)c2)cc1. The molecule has 2 rings (SSSR count). The fraction of sp³-hybridized carbons (Fsp3) is 0.286. The van der Waals surface area contributed by atoms with Crippen molar-refractivity contribution in [3.8, 4) is 5.75 Å². The summed E-state index contributed by atoms with van der Waals surface area (Å²) in [6, 6.07) is 14.4. The Labute approximate surface area is 170 Å². The van der Waals surface area contributed by atoms with E-state index in [4.69, 9.17) is 17.0 Å². The van der Waals surface area contributed by atoms with Gasteiger partial charge in [0.1, 0.15) is 5.75 Å². The third-order valence-corrected chi connectivity index (χ3v) is 4.04. The number of carbonyl (C=O) groups excluding carboxylic acids is 2. The van der Waals surface area contributed by atoms with E-state index >= 15 is 0 Å². The molecule has 2 aromatic carbocycles. The van der Waals surface area contributed by atoms with Gasteiger partial charge in [0, 0.05) is 16.8 Å². The third-order valence-electron chi connectivity index (χ3n) is 3.84. The number of carbonyl (C=O) groups is 2. The molecule has 2 aromatic rings. The van der Waals surface area contributed by atoms with Gasteiger partial charge < -0.3 is 20.7 Å². The number of benzene rings is 2. The van der Waals surface area contributed by atoms with Gasteiger partial charge in [-0.2, -0.15) is 0 Å². The maximum atomic E-state index is 12.2. The van der Waals surface area contributed by atoms with Gasteiger partial charge in [-0.25, -0.2) is 0 Å². The summed E-state index contributed by atoms with van der Waals surface area (Å²) in [5.74, 6) is 0.430. The number of ether oxygens (including phenoxy) is 1. The van der Waals surface area contributed by atoms with Gasteiger partial charge >= 0.3 is 0 Å². The van der Waals surface area contributed by atoms with Crippen LogP contribution in [-0.2, 0) is 16.0 Å². The molecule has 0 saturated heterocycles. The van der Waals surface area contributed by atoms with E-state index in [1.165, 1.54) is 0 Å². The van der Waals surface area contributed by atoms with Gasteiger partial charge in [-0.15, -0.1) is 0 Å². The fourth-order valence-electron chi connectivity index (χ4n) is 2.26. The number of nitrogens with one attached hydrogen (secondary N) is 3. The van der Waals surface area contributed by atoms with Crippen LogP contribution in [0.3, 0.4) is 0 Å². The van der Waals surface area contributed by atoms with Crippen molar-refractivity contribution in [1.29, 1.82) is 0 Å². The highest BCUT2D eigenvalue weighted by Crippen LogP contribution is 2.20. The quantitative estimate of drug-likeness (QED) is 0.668. The molecule has 0 unspecified atom stereocenters. The van der Waals surface area contributed by atoms with Crippen molar-refractivity contribution in [2.75, 3.05) is 17.7 Å². The average molecular weight is 400 g/mol. The maximum absolute atomic E-state index is 12.2. The van der Waals surface area contributed by atoms with E-state index in [1.54, 1.807) is 43.5 Å². The number of hydrogen-bond acceptors (Lipinski definition) is 4. The smallest absolute Gasteiger partial charge is 0.230 e. The maximum Gasteiger partial charge on any atom is 0.230 e. The molecule has 0 atom stereocenters.